The maximum Gasteiger partial charge on any atom is 0.409 e. The van der Waals surface area contributed by atoms with Crippen molar-refractivity contribution < 1.29 is 23.5 Å². The van der Waals surface area contributed by atoms with Gasteiger partial charge in [-0.3, -0.25) is 4.90 Å². The molecule has 3 amide bonds. The summed E-state index contributed by atoms with van der Waals surface area (Å²) < 4.78 is 23.8. The summed E-state index contributed by atoms with van der Waals surface area (Å²) in [6.45, 7) is 2.90. The quantitative estimate of drug-likeness (QED) is 0.777. The molecule has 0 aliphatic carbocycles. The van der Waals surface area contributed by atoms with E-state index in [1.807, 2.05) is 0 Å². The van der Waals surface area contributed by atoms with E-state index in [2.05, 4.69) is 20.5 Å². The van der Waals surface area contributed by atoms with Crippen molar-refractivity contribution >= 4 is 23.5 Å². The molecule has 1 aromatic carbocycles. The van der Waals surface area contributed by atoms with E-state index in [9.17, 15) is 14.0 Å². The van der Waals surface area contributed by atoms with Crippen LogP contribution in [0.25, 0.3) is 0 Å². The van der Waals surface area contributed by atoms with Gasteiger partial charge in [0.15, 0.2) is 0 Å². The molecule has 1 aromatic heterocycles. The second kappa shape index (κ2) is 9.88. The van der Waals surface area contributed by atoms with Crippen molar-refractivity contribution in [1.29, 1.82) is 0 Å². The second-order valence-electron chi connectivity index (χ2n) is 6.75. The highest BCUT2D eigenvalue weighted by molar-refractivity contribution is 5.99. The zero-order chi connectivity index (χ0) is 21.5. The summed E-state index contributed by atoms with van der Waals surface area (Å²) in [5, 5.41) is 5.26. The average molecular weight is 417 g/mol. The molecular formula is C20H24FN5O4. The summed E-state index contributed by atoms with van der Waals surface area (Å²) in [5.41, 5.74) is 1.55. The first-order chi connectivity index (χ1) is 14.5. The van der Waals surface area contributed by atoms with Crippen LogP contribution in [0, 0.1) is 5.82 Å². The number of hydrogen-bond acceptors (Lipinski definition) is 6. The van der Waals surface area contributed by atoms with Gasteiger partial charge >= 0.3 is 12.1 Å². The fourth-order valence-electron chi connectivity index (χ4n) is 3.16. The Morgan fingerprint density at radius 3 is 2.43 bits per heavy atom. The number of pyridine rings is 1. The molecule has 1 saturated heterocycles. The number of methoxy groups -OCH3 is 2. The number of benzene rings is 1. The van der Waals surface area contributed by atoms with Gasteiger partial charge < -0.3 is 25.0 Å². The maximum atomic E-state index is 14.1. The van der Waals surface area contributed by atoms with Crippen molar-refractivity contribution in [2.24, 2.45) is 0 Å². The summed E-state index contributed by atoms with van der Waals surface area (Å²) in [4.78, 5) is 31.5. The van der Waals surface area contributed by atoms with E-state index in [0.29, 0.717) is 50.0 Å². The molecule has 2 N–H and O–H groups in total. The number of halogens is 1. The van der Waals surface area contributed by atoms with Gasteiger partial charge in [-0.15, -0.1) is 0 Å². The zero-order valence-corrected chi connectivity index (χ0v) is 16.9. The molecule has 0 bridgehead atoms. The lowest BCUT2D eigenvalue weighted by Gasteiger charge is -2.33. The predicted molar refractivity (Wildman–Crippen MR) is 109 cm³/mol. The lowest BCUT2D eigenvalue weighted by Crippen LogP contribution is -2.48. The number of rotatable bonds is 5. The van der Waals surface area contributed by atoms with Gasteiger partial charge in [0.2, 0.25) is 5.88 Å². The van der Waals surface area contributed by atoms with Gasteiger partial charge in [0.05, 0.1) is 26.1 Å². The van der Waals surface area contributed by atoms with Crippen molar-refractivity contribution in [3.8, 4) is 5.88 Å². The molecule has 0 radical (unpaired) electrons. The number of amides is 3. The summed E-state index contributed by atoms with van der Waals surface area (Å²) in [6, 6.07) is 7.17. The number of hydrogen-bond donors (Lipinski definition) is 2. The molecule has 0 spiro atoms. The molecule has 0 atom stereocenters. The Labute approximate surface area is 173 Å². The zero-order valence-electron chi connectivity index (χ0n) is 16.9. The number of ether oxygens (including phenoxy) is 2. The number of urea groups is 1. The minimum absolute atomic E-state index is 0.343. The van der Waals surface area contributed by atoms with Crippen LogP contribution in [0.4, 0.5) is 25.4 Å². The summed E-state index contributed by atoms with van der Waals surface area (Å²) in [7, 11) is 2.86. The molecule has 2 heterocycles. The Balaban J connectivity index is 1.57. The normalized spacial score (nSPS) is 14.2. The lowest BCUT2D eigenvalue weighted by molar-refractivity contribution is 0.0889. The predicted octanol–water partition coefficient (Wildman–Crippen LogP) is 2.76. The number of aromatic nitrogens is 1. The lowest BCUT2D eigenvalue weighted by atomic mass is 10.1. The Hall–Kier alpha value is -3.40. The van der Waals surface area contributed by atoms with Crippen molar-refractivity contribution in [1.82, 2.24) is 14.8 Å². The third-order valence-electron chi connectivity index (χ3n) is 4.63. The molecular weight excluding hydrogens is 393 g/mol. The Kier molecular flexibility index (Phi) is 7.02. The van der Waals surface area contributed by atoms with Gasteiger partial charge in [0, 0.05) is 44.5 Å². The highest BCUT2D eigenvalue weighted by atomic mass is 19.1. The topological polar surface area (TPSA) is 96.0 Å². The highest BCUT2D eigenvalue weighted by Crippen LogP contribution is 2.18. The van der Waals surface area contributed by atoms with E-state index in [0.717, 1.165) is 5.56 Å². The van der Waals surface area contributed by atoms with Crippen LogP contribution in [0.2, 0.25) is 0 Å². The molecule has 10 heteroatoms. The Morgan fingerprint density at radius 1 is 1.07 bits per heavy atom. The Morgan fingerprint density at radius 2 is 1.80 bits per heavy atom. The standard InChI is InChI=1S/C20H24FN5O4/c1-29-18-4-3-16(12-22-18)23-19(27)24-17-10-14(9-15(21)11-17)13-25-5-7-26(8-6-25)20(28)30-2/h3-4,9-12H,5-8,13H2,1-2H3,(H2,23,24,27). The molecule has 1 aliphatic rings. The van der Waals surface area contributed by atoms with E-state index >= 15 is 0 Å². The molecule has 0 saturated carbocycles. The van der Waals surface area contributed by atoms with Crippen LogP contribution in [0.1, 0.15) is 5.56 Å². The van der Waals surface area contributed by atoms with Crippen LogP contribution in [0.15, 0.2) is 36.5 Å². The fourth-order valence-corrected chi connectivity index (χ4v) is 3.16. The van der Waals surface area contributed by atoms with Crippen LogP contribution in [-0.2, 0) is 11.3 Å². The van der Waals surface area contributed by atoms with E-state index in [-0.39, 0.29) is 6.09 Å². The SMILES string of the molecule is COC(=O)N1CCN(Cc2cc(F)cc(NC(=O)Nc3ccc(OC)nc3)c2)CC1. The largest absolute Gasteiger partial charge is 0.481 e. The van der Waals surface area contributed by atoms with E-state index in [4.69, 9.17) is 9.47 Å². The molecule has 9 nitrogen and oxygen atoms in total. The summed E-state index contributed by atoms with van der Waals surface area (Å²) >= 11 is 0. The van der Waals surface area contributed by atoms with Crippen molar-refractivity contribution in [2.75, 3.05) is 51.0 Å². The molecule has 2 aromatic rings. The molecule has 160 valence electrons. The first kappa shape index (κ1) is 21.3. The van der Waals surface area contributed by atoms with E-state index < -0.39 is 11.8 Å². The molecule has 0 unspecified atom stereocenters. The number of piperazine rings is 1. The van der Waals surface area contributed by atoms with Gasteiger partial charge in [-0.25, -0.2) is 19.0 Å². The van der Waals surface area contributed by atoms with Gasteiger partial charge in [-0.1, -0.05) is 0 Å². The third-order valence-corrected chi connectivity index (χ3v) is 4.63. The van der Waals surface area contributed by atoms with Crippen LogP contribution in [-0.4, -0.2) is 67.3 Å². The van der Waals surface area contributed by atoms with Crippen LogP contribution >= 0.6 is 0 Å². The highest BCUT2D eigenvalue weighted by Gasteiger charge is 2.21. The minimum Gasteiger partial charge on any atom is -0.481 e. The fraction of sp³-hybridized carbons (Fsp3) is 0.350. The van der Waals surface area contributed by atoms with Crippen LogP contribution in [0.5, 0.6) is 5.88 Å². The summed E-state index contributed by atoms with van der Waals surface area (Å²) in [5.74, 6) is -0.00902. The Bertz CT molecular complexity index is 885. The molecule has 3 rings (SSSR count). The smallest absolute Gasteiger partial charge is 0.409 e. The third kappa shape index (κ3) is 5.80. The van der Waals surface area contributed by atoms with Gasteiger partial charge in [-0.2, -0.15) is 0 Å². The van der Waals surface area contributed by atoms with E-state index in [1.165, 1.54) is 32.5 Å². The van der Waals surface area contributed by atoms with Crippen molar-refractivity contribution in [2.45, 2.75) is 6.54 Å². The maximum absolute atomic E-state index is 14.1. The van der Waals surface area contributed by atoms with Gasteiger partial charge in [0.25, 0.3) is 0 Å². The van der Waals surface area contributed by atoms with Gasteiger partial charge in [-0.05, 0) is 29.8 Å². The molecule has 30 heavy (non-hydrogen) atoms. The van der Waals surface area contributed by atoms with Crippen LogP contribution in [0.3, 0.4) is 0 Å². The summed E-state index contributed by atoms with van der Waals surface area (Å²) in [6.07, 6.45) is 1.12. The number of anilines is 2. The van der Waals surface area contributed by atoms with Crippen molar-refractivity contribution in [3.05, 3.63) is 47.9 Å². The minimum atomic E-state index is -0.509. The molecule has 1 fully saturated rings. The monoisotopic (exact) mass is 417 g/mol. The van der Waals surface area contributed by atoms with Crippen LogP contribution < -0.4 is 15.4 Å². The second-order valence-corrected chi connectivity index (χ2v) is 6.75. The molecule has 1 aliphatic heterocycles. The number of nitrogens with zero attached hydrogens (tertiary/aromatic N) is 3. The van der Waals surface area contributed by atoms with Crippen molar-refractivity contribution in [3.63, 3.8) is 0 Å². The number of carbonyl (C=O) groups is 2. The average Bonchev–Trinajstić information content (AvgIpc) is 2.73. The van der Waals surface area contributed by atoms with Gasteiger partial charge in [0.1, 0.15) is 5.82 Å². The number of nitrogens with one attached hydrogen (secondary N) is 2. The first-order valence-electron chi connectivity index (χ1n) is 9.39. The van der Waals surface area contributed by atoms with E-state index in [1.54, 1.807) is 23.1 Å². The number of carbonyl (C=O) groups excluding carboxylic acids is 2. The first-order valence-corrected chi connectivity index (χ1v) is 9.39.